The molecule has 0 aliphatic heterocycles. The lowest BCUT2D eigenvalue weighted by Gasteiger charge is -2.09. The molecule has 0 aliphatic rings. The number of hydrogen-bond donors (Lipinski definition) is 0. The summed E-state index contributed by atoms with van der Waals surface area (Å²) in [7, 11) is 0. The fourth-order valence-electron chi connectivity index (χ4n) is 2.15. The quantitative estimate of drug-likeness (QED) is 0.727. The number of halogens is 1. The monoisotopic (exact) mass is 308 g/mol. The summed E-state index contributed by atoms with van der Waals surface area (Å²) in [6.07, 6.45) is 0. The van der Waals surface area contributed by atoms with E-state index in [-0.39, 0.29) is 24.7 Å². The zero-order valence-electron chi connectivity index (χ0n) is 12.2. The Morgan fingerprint density at radius 3 is 2.57 bits per heavy atom. The first-order chi connectivity index (χ1) is 11.3. The second-order valence-electron chi connectivity index (χ2n) is 4.85. The third-order valence-corrected chi connectivity index (χ3v) is 3.34. The Morgan fingerprint density at radius 1 is 1.09 bits per heavy atom. The van der Waals surface area contributed by atoms with Crippen LogP contribution in [0, 0.1) is 17.1 Å². The molecule has 1 aromatic heterocycles. The topological polar surface area (TPSA) is 63.7 Å². The maximum absolute atomic E-state index is 13.8. The summed E-state index contributed by atoms with van der Waals surface area (Å²) < 4.78 is 20.9. The van der Waals surface area contributed by atoms with Gasteiger partial charge in [-0.25, -0.2) is 9.07 Å². The van der Waals surface area contributed by atoms with E-state index in [0.717, 1.165) is 0 Å². The minimum atomic E-state index is -0.323. The highest BCUT2D eigenvalue weighted by Gasteiger charge is 2.15. The van der Waals surface area contributed by atoms with Crippen molar-refractivity contribution in [1.82, 2.24) is 15.0 Å². The molecule has 3 aromatic rings. The van der Waals surface area contributed by atoms with Crippen LogP contribution in [0.5, 0.6) is 5.75 Å². The van der Waals surface area contributed by atoms with Crippen LogP contribution in [-0.4, -0.2) is 15.0 Å². The number of nitrogens with zero attached hydrogens (tertiary/aromatic N) is 4. The summed E-state index contributed by atoms with van der Waals surface area (Å²) in [6, 6.07) is 17.7. The SMILES string of the molecule is N#Cc1nnn(Cc2ccccc2F)c1COc1ccccc1. The van der Waals surface area contributed by atoms with Gasteiger partial charge in [-0.2, -0.15) is 5.26 Å². The lowest BCUT2D eigenvalue weighted by atomic mass is 10.2. The second kappa shape index (κ2) is 6.71. The van der Waals surface area contributed by atoms with E-state index in [4.69, 9.17) is 10.00 Å². The van der Waals surface area contributed by atoms with Crippen LogP contribution in [0.1, 0.15) is 17.0 Å². The van der Waals surface area contributed by atoms with Gasteiger partial charge < -0.3 is 4.74 Å². The first-order valence-electron chi connectivity index (χ1n) is 7.01. The van der Waals surface area contributed by atoms with Crippen LogP contribution in [0.15, 0.2) is 54.6 Å². The molecule has 0 saturated carbocycles. The van der Waals surface area contributed by atoms with Crippen molar-refractivity contribution in [3.05, 3.63) is 77.4 Å². The van der Waals surface area contributed by atoms with Gasteiger partial charge in [0.25, 0.3) is 0 Å². The van der Waals surface area contributed by atoms with Gasteiger partial charge in [0.05, 0.1) is 6.54 Å². The first kappa shape index (κ1) is 14.7. The summed E-state index contributed by atoms with van der Waals surface area (Å²) in [5.41, 5.74) is 1.17. The smallest absolute Gasteiger partial charge is 0.189 e. The molecular weight excluding hydrogens is 295 g/mol. The van der Waals surface area contributed by atoms with Crippen molar-refractivity contribution in [2.75, 3.05) is 0 Å². The molecule has 0 saturated heterocycles. The number of nitriles is 1. The van der Waals surface area contributed by atoms with Gasteiger partial charge in [0.15, 0.2) is 5.69 Å². The van der Waals surface area contributed by atoms with Gasteiger partial charge >= 0.3 is 0 Å². The Labute approximate surface area is 132 Å². The van der Waals surface area contributed by atoms with Crippen LogP contribution in [0.25, 0.3) is 0 Å². The van der Waals surface area contributed by atoms with E-state index in [0.29, 0.717) is 17.0 Å². The number of benzene rings is 2. The Kier molecular flexibility index (Phi) is 4.29. The Balaban J connectivity index is 1.83. The maximum Gasteiger partial charge on any atom is 0.189 e. The van der Waals surface area contributed by atoms with Gasteiger partial charge in [0.1, 0.15) is 29.9 Å². The number of rotatable bonds is 5. The minimum Gasteiger partial charge on any atom is -0.487 e. The zero-order chi connectivity index (χ0) is 16.1. The van der Waals surface area contributed by atoms with Gasteiger partial charge in [-0.3, -0.25) is 0 Å². The van der Waals surface area contributed by atoms with Crippen LogP contribution in [0.2, 0.25) is 0 Å². The Morgan fingerprint density at radius 2 is 1.83 bits per heavy atom. The molecule has 114 valence electrons. The summed E-state index contributed by atoms with van der Waals surface area (Å²) in [5.74, 6) is 0.353. The van der Waals surface area contributed by atoms with Crippen LogP contribution >= 0.6 is 0 Å². The normalized spacial score (nSPS) is 10.3. The Hall–Kier alpha value is -3.20. The van der Waals surface area contributed by atoms with E-state index in [1.807, 2.05) is 36.4 Å². The third-order valence-electron chi connectivity index (χ3n) is 3.34. The average Bonchev–Trinajstić information content (AvgIpc) is 2.98. The molecule has 0 amide bonds. The average molecular weight is 308 g/mol. The minimum absolute atomic E-state index is 0.133. The number of hydrogen-bond acceptors (Lipinski definition) is 4. The highest BCUT2D eigenvalue weighted by atomic mass is 19.1. The van der Waals surface area contributed by atoms with Crippen LogP contribution in [0.3, 0.4) is 0 Å². The van der Waals surface area contributed by atoms with Gasteiger partial charge in [-0.1, -0.05) is 41.6 Å². The molecule has 1 heterocycles. The molecular formula is C17H13FN4O. The molecule has 0 radical (unpaired) electrons. The van der Waals surface area contributed by atoms with E-state index >= 15 is 0 Å². The van der Waals surface area contributed by atoms with Crippen molar-refractivity contribution in [2.24, 2.45) is 0 Å². The predicted molar refractivity (Wildman–Crippen MR) is 81.0 cm³/mol. The number of ether oxygens (including phenoxy) is 1. The summed E-state index contributed by atoms with van der Waals surface area (Å²) in [4.78, 5) is 0. The molecule has 5 nitrogen and oxygen atoms in total. The lowest BCUT2D eigenvalue weighted by molar-refractivity contribution is 0.292. The molecule has 6 heteroatoms. The van der Waals surface area contributed by atoms with E-state index < -0.39 is 0 Å². The molecule has 2 aromatic carbocycles. The van der Waals surface area contributed by atoms with Crippen LogP contribution in [-0.2, 0) is 13.2 Å². The summed E-state index contributed by atoms with van der Waals surface area (Å²) in [5, 5.41) is 16.9. The lowest BCUT2D eigenvalue weighted by Crippen LogP contribution is -2.11. The highest BCUT2D eigenvalue weighted by Crippen LogP contribution is 2.15. The number of para-hydroxylation sites is 1. The summed E-state index contributed by atoms with van der Waals surface area (Å²) in [6.45, 7) is 0.323. The summed E-state index contributed by atoms with van der Waals surface area (Å²) >= 11 is 0. The van der Waals surface area contributed by atoms with Crippen molar-refractivity contribution in [3.8, 4) is 11.8 Å². The molecule has 23 heavy (non-hydrogen) atoms. The predicted octanol–water partition coefficient (Wildman–Crippen LogP) is 2.92. The van der Waals surface area contributed by atoms with Gasteiger partial charge in [0, 0.05) is 5.56 Å². The van der Waals surface area contributed by atoms with E-state index in [1.54, 1.807) is 18.2 Å². The standard InChI is InChI=1S/C17H13FN4O/c18-15-9-5-4-6-13(15)11-22-17(16(10-19)20-21-22)12-23-14-7-2-1-3-8-14/h1-9H,11-12H2. The molecule has 0 N–H and O–H groups in total. The molecule has 0 aliphatic carbocycles. The van der Waals surface area contributed by atoms with E-state index in [2.05, 4.69) is 10.3 Å². The van der Waals surface area contributed by atoms with Crippen molar-refractivity contribution in [2.45, 2.75) is 13.2 Å². The molecule has 3 rings (SSSR count). The van der Waals surface area contributed by atoms with Crippen LogP contribution < -0.4 is 4.74 Å². The largest absolute Gasteiger partial charge is 0.487 e. The third kappa shape index (κ3) is 3.35. The van der Waals surface area contributed by atoms with Gasteiger partial charge in [-0.05, 0) is 18.2 Å². The zero-order valence-corrected chi connectivity index (χ0v) is 12.2. The molecule has 0 atom stereocenters. The van der Waals surface area contributed by atoms with E-state index in [9.17, 15) is 4.39 Å². The second-order valence-corrected chi connectivity index (χ2v) is 4.85. The first-order valence-corrected chi connectivity index (χ1v) is 7.01. The van der Waals surface area contributed by atoms with Crippen molar-refractivity contribution < 1.29 is 9.13 Å². The van der Waals surface area contributed by atoms with Gasteiger partial charge in [-0.15, -0.1) is 5.10 Å². The van der Waals surface area contributed by atoms with Gasteiger partial charge in [0.2, 0.25) is 0 Å². The maximum atomic E-state index is 13.8. The molecule has 0 unspecified atom stereocenters. The number of aromatic nitrogens is 3. The molecule has 0 bridgehead atoms. The highest BCUT2D eigenvalue weighted by molar-refractivity contribution is 5.27. The van der Waals surface area contributed by atoms with Crippen molar-refractivity contribution >= 4 is 0 Å². The molecule has 0 spiro atoms. The van der Waals surface area contributed by atoms with Crippen molar-refractivity contribution in [1.29, 1.82) is 5.26 Å². The fourth-order valence-corrected chi connectivity index (χ4v) is 2.15. The van der Waals surface area contributed by atoms with Crippen molar-refractivity contribution in [3.63, 3.8) is 0 Å². The van der Waals surface area contributed by atoms with E-state index in [1.165, 1.54) is 10.7 Å². The van der Waals surface area contributed by atoms with Crippen LogP contribution in [0.4, 0.5) is 4.39 Å². The molecule has 0 fully saturated rings. The fraction of sp³-hybridized carbons (Fsp3) is 0.118. The Bertz CT molecular complexity index is 839.